The minimum absolute atomic E-state index is 0.222. The Morgan fingerprint density at radius 3 is 2.47 bits per heavy atom. The molecule has 0 saturated heterocycles. The molecule has 1 aromatic heterocycles. The van der Waals surface area contributed by atoms with Crippen molar-refractivity contribution < 1.29 is 19.0 Å². The first-order chi connectivity index (χ1) is 20.7. The van der Waals surface area contributed by atoms with Gasteiger partial charge in [0, 0.05) is 4.47 Å². The van der Waals surface area contributed by atoms with Crippen LogP contribution >= 0.6 is 27.3 Å². The molecule has 43 heavy (non-hydrogen) atoms. The van der Waals surface area contributed by atoms with E-state index in [4.69, 9.17) is 14.2 Å². The molecule has 222 valence electrons. The third-order valence-electron chi connectivity index (χ3n) is 7.24. The fraction of sp³-hybridized carbons (Fsp3) is 0.265. The first-order valence-electron chi connectivity index (χ1n) is 14.1. The number of carbonyl (C=O) groups is 1. The van der Waals surface area contributed by atoms with Gasteiger partial charge in [0.2, 0.25) is 0 Å². The normalized spacial score (nSPS) is 14.9. The zero-order chi connectivity index (χ0) is 30.7. The summed E-state index contributed by atoms with van der Waals surface area (Å²) in [5.74, 6) is 0.996. The van der Waals surface area contributed by atoms with Crippen LogP contribution in [0.3, 0.4) is 0 Å². The largest absolute Gasteiger partial charge is 0.493 e. The second-order valence-corrected chi connectivity index (χ2v) is 12.3. The van der Waals surface area contributed by atoms with Crippen LogP contribution in [0.2, 0.25) is 0 Å². The van der Waals surface area contributed by atoms with E-state index in [-0.39, 0.29) is 12.2 Å². The molecule has 1 atom stereocenters. The summed E-state index contributed by atoms with van der Waals surface area (Å²) in [5, 5.41) is 0. The number of rotatable bonds is 9. The Labute approximate surface area is 262 Å². The van der Waals surface area contributed by atoms with Crippen LogP contribution in [0.25, 0.3) is 6.08 Å². The predicted molar refractivity (Wildman–Crippen MR) is 172 cm³/mol. The van der Waals surface area contributed by atoms with Gasteiger partial charge in [-0.05, 0) is 60.2 Å². The minimum atomic E-state index is -0.662. The Kier molecular flexibility index (Phi) is 9.32. The number of esters is 1. The third-order valence-corrected chi connectivity index (χ3v) is 8.91. The lowest BCUT2D eigenvalue weighted by Gasteiger charge is -2.25. The number of allylic oxidation sites excluding steroid dienone is 1. The summed E-state index contributed by atoms with van der Waals surface area (Å²) in [6, 6.07) is 20.9. The maximum Gasteiger partial charge on any atom is 0.338 e. The lowest BCUT2D eigenvalue weighted by Crippen LogP contribution is -2.39. The molecule has 0 fully saturated rings. The lowest BCUT2D eigenvalue weighted by molar-refractivity contribution is -0.139. The molecule has 0 radical (unpaired) electrons. The molecule has 9 heteroatoms. The highest BCUT2D eigenvalue weighted by Gasteiger charge is 2.33. The zero-order valence-electron chi connectivity index (χ0n) is 24.7. The fourth-order valence-electron chi connectivity index (χ4n) is 4.98. The van der Waals surface area contributed by atoms with Crippen molar-refractivity contribution >= 4 is 39.3 Å². The molecule has 0 spiro atoms. The van der Waals surface area contributed by atoms with Crippen LogP contribution in [0.1, 0.15) is 61.9 Å². The van der Waals surface area contributed by atoms with Gasteiger partial charge in [0.15, 0.2) is 16.3 Å². The van der Waals surface area contributed by atoms with E-state index < -0.39 is 12.0 Å². The van der Waals surface area contributed by atoms with E-state index in [1.165, 1.54) is 16.9 Å². The maximum absolute atomic E-state index is 14.0. The van der Waals surface area contributed by atoms with Gasteiger partial charge in [-0.15, -0.1) is 0 Å². The molecule has 5 rings (SSSR count). The zero-order valence-corrected chi connectivity index (χ0v) is 27.1. The van der Waals surface area contributed by atoms with Gasteiger partial charge in [-0.25, -0.2) is 9.79 Å². The second-order valence-electron chi connectivity index (χ2n) is 10.4. The molecule has 7 nitrogen and oxygen atoms in total. The van der Waals surface area contributed by atoms with Crippen molar-refractivity contribution in [2.24, 2.45) is 4.99 Å². The molecule has 1 aliphatic heterocycles. The van der Waals surface area contributed by atoms with Crippen LogP contribution < -0.4 is 24.4 Å². The van der Waals surface area contributed by atoms with E-state index in [0.29, 0.717) is 44.6 Å². The molecule has 4 aromatic rings. The number of methoxy groups -OCH3 is 1. The van der Waals surface area contributed by atoms with Gasteiger partial charge in [-0.2, -0.15) is 0 Å². The Morgan fingerprint density at radius 2 is 1.81 bits per heavy atom. The maximum atomic E-state index is 14.0. The van der Waals surface area contributed by atoms with Crippen molar-refractivity contribution in [3.8, 4) is 11.5 Å². The molecular formula is C34H33BrN2O5S. The standard InChI is InChI=1S/C34H33BrN2O5S/c1-6-41-33(39)30-21(4)36-34-37(31(30)24-14-12-23(13-15-24)20(2)3)32(38)29(43-34)17-25-16-27(40-5)28(18-26(25)35)42-19-22-10-8-7-9-11-22/h7-18,20,31H,6,19H2,1-5H3. The van der Waals surface area contributed by atoms with E-state index >= 15 is 0 Å². The van der Waals surface area contributed by atoms with Crippen molar-refractivity contribution in [2.45, 2.75) is 46.3 Å². The third kappa shape index (κ3) is 6.38. The number of nitrogens with zero attached hydrogens (tertiary/aromatic N) is 2. The summed E-state index contributed by atoms with van der Waals surface area (Å²) in [6.07, 6.45) is 1.81. The van der Waals surface area contributed by atoms with Crippen LogP contribution in [0.15, 0.2) is 92.3 Å². The molecular weight excluding hydrogens is 628 g/mol. The van der Waals surface area contributed by atoms with Gasteiger partial charge in [0.1, 0.15) is 6.61 Å². The second kappa shape index (κ2) is 13.1. The molecule has 1 unspecified atom stereocenters. The smallest absolute Gasteiger partial charge is 0.338 e. The topological polar surface area (TPSA) is 79.1 Å². The first kappa shape index (κ1) is 30.5. The van der Waals surface area contributed by atoms with E-state index in [2.05, 4.69) is 34.8 Å². The van der Waals surface area contributed by atoms with Crippen LogP contribution in [-0.2, 0) is 16.1 Å². The minimum Gasteiger partial charge on any atom is -0.493 e. The average molecular weight is 662 g/mol. The number of thiazole rings is 1. The van der Waals surface area contributed by atoms with Crippen molar-refractivity contribution in [1.29, 1.82) is 0 Å². The molecule has 2 heterocycles. The summed E-state index contributed by atoms with van der Waals surface area (Å²) < 4.78 is 19.9. The Hall–Kier alpha value is -3.95. The van der Waals surface area contributed by atoms with E-state index in [1.807, 2.05) is 66.7 Å². The van der Waals surface area contributed by atoms with Crippen LogP contribution in [0.5, 0.6) is 11.5 Å². The molecule has 0 bridgehead atoms. The van der Waals surface area contributed by atoms with Crippen LogP contribution in [-0.4, -0.2) is 24.3 Å². The molecule has 0 aliphatic carbocycles. The molecule has 0 saturated carbocycles. The molecule has 3 aromatic carbocycles. The number of benzene rings is 3. The van der Waals surface area contributed by atoms with E-state index in [1.54, 1.807) is 31.6 Å². The van der Waals surface area contributed by atoms with Gasteiger partial charge >= 0.3 is 5.97 Å². The highest BCUT2D eigenvalue weighted by molar-refractivity contribution is 9.10. The SMILES string of the molecule is CCOC(=O)C1=C(C)N=c2sc(=Cc3cc(OC)c(OCc4ccccc4)cc3Br)c(=O)n2C1c1ccc(C(C)C)cc1. The number of ether oxygens (including phenoxy) is 3. The van der Waals surface area contributed by atoms with Crippen molar-refractivity contribution in [3.05, 3.63) is 124 Å². The number of hydrogen-bond acceptors (Lipinski definition) is 7. The Balaban J connectivity index is 1.59. The van der Waals surface area contributed by atoms with Gasteiger partial charge in [0.25, 0.3) is 5.56 Å². The van der Waals surface area contributed by atoms with Crippen molar-refractivity contribution in [1.82, 2.24) is 4.57 Å². The average Bonchev–Trinajstić information content (AvgIpc) is 3.30. The summed E-state index contributed by atoms with van der Waals surface area (Å²) in [4.78, 5) is 32.4. The van der Waals surface area contributed by atoms with Crippen LogP contribution in [0.4, 0.5) is 0 Å². The predicted octanol–water partition coefficient (Wildman–Crippen LogP) is 6.27. The van der Waals surface area contributed by atoms with E-state index in [0.717, 1.165) is 21.2 Å². The number of aromatic nitrogens is 1. The summed E-state index contributed by atoms with van der Waals surface area (Å²) in [7, 11) is 1.58. The fourth-order valence-corrected chi connectivity index (χ4v) is 6.45. The summed E-state index contributed by atoms with van der Waals surface area (Å²) >= 11 is 4.93. The number of carbonyl (C=O) groups excluding carboxylic acids is 1. The summed E-state index contributed by atoms with van der Waals surface area (Å²) in [5.41, 5.74) is 4.42. The van der Waals surface area contributed by atoms with Gasteiger partial charge in [0.05, 0.1) is 35.6 Å². The number of halogens is 1. The van der Waals surface area contributed by atoms with Crippen LogP contribution in [0, 0.1) is 0 Å². The number of fused-ring (bicyclic) bond motifs is 1. The first-order valence-corrected chi connectivity index (χ1v) is 15.7. The molecule has 0 amide bonds. The van der Waals surface area contributed by atoms with Gasteiger partial charge in [-0.1, -0.05) is 95.7 Å². The summed E-state index contributed by atoms with van der Waals surface area (Å²) in [6.45, 7) is 8.42. The number of hydrogen-bond donors (Lipinski definition) is 0. The van der Waals surface area contributed by atoms with E-state index in [9.17, 15) is 9.59 Å². The molecule has 1 aliphatic rings. The Morgan fingerprint density at radius 1 is 1.09 bits per heavy atom. The Bertz CT molecular complexity index is 1860. The highest BCUT2D eigenvalue weighted by Crippen LogP contribution is 2.35. The monoisotopic (exact) mass is 660 g/mol. The highest BCUT2D eigenvalue weighted by atomic mass is 79.9. The molecule has 0 N–H and O–H groups in total. The quantitative estimate of drug-likeness (QED) is 0.198. The van der Waals surface area contributed by atoms with Crippen molar-refractivity contribution in [2.75, 3.05) is 13.7 Å². The van der Waals surface area contributed by atoms with Gasteiger partial charge in [-0.3, -0.25) is 9.36 Å². The lowest BCUT2D eigenvalue weighted by atomic mass is 9.93. The van der Waals surface area contributed by atoms with Crippen molar-refractivity contribution in [3.63, 3.8) is 0 Å². The van der Waals surface area contributed by atoms with Gasteiger partial charge < -0.3 is 14.2 Å².